The third-order valence-electron chi connectivity index (χ3n) is 4.98. The van der Waals surface area contributed by atoms with E-state index in [2.05, 4.69) is 5.32 Å². The minimum atomic E-state index is -0.238. The summed E-state index contributed by atoms with van der Waals surface area (Å²) >= 11 is 7.47. The summed E-state index contributed by atoms with van der Waals surface area (Å²) in [6, 6.07) is 18.7. The number of nitrogens with zero attached hydrogens (tertiary/aromatic N) is 2. The predicted octanol–water partition coefficient (Wildman–Crippen LogP) is 5.24. The molecule has 0 bridgehead atoms. The molecular formula is C23H20ClN3O2S. The zero-order valence-electron chi connectivity index (χ0n) is 16.8. The topological polar surface area (TPSA) is 56.0 Å². The molecule has 7 heteroatoms. The largest absolute Gasteiger partial charge is 0.328 e. The first-order valence-corrected chi connectivity index (χ1v) is 10.5. The van der Waals surface area contributed by atoms with Crippen molar-refractivity contribution < 1.29 is 4.79 Å². The molecule has 0 spiro atoms. The number of rotatable bonds is 4. The highest BCUT2D eigenvalue weighted by molar-refractivity contribution is 7.99. The van der Waals surface area contributed by atoms with Crippen molar-refractivity contribution >= 4 is 46.0 Å². The molecular weight excluding hydrogens is 418 g/mol. The quantitative estimate of drug-likeness (QED) is 0.475. The van der Waals surface area contributed by atoms with E-state index in [0.717, 1.165) is 20.8 Å². The van der Waals surface area contributed by atoms with E-state index in [4.69, 9.17) is 11.6 Å². The number of halogens is 1. The van der Waals surface area contributed by atoms with Gasteiger partial charge < -0.3 is 5.32 Å². The monoisotopic (exact) mass is 437 g/mol. The summed E-state index contributed by atoms with van der Waals surface area (Å²) in [4.78, 5) is 27.1. The van der Waals surface area contributed by atoms with Crippen LogP contribution in [0.5, 0.6) is 0 Å². The average Bonchev–Trinajstić information content (AvgIpc) is 2.94. The van der Waals surface area contributed by atoms with Gasteiger partial charge in [-0.1, -0.05) is 41.1 Å². The summed E-state index contributed by atoms with van der Waals surface area (Å²) in [7, 11) is 3.47. The first-order chi connectivity index (χ1) is 14.3. The number of carbonyl (C=O) groups is 1. The van der Waals surface area contributed by atoms with Gasteiger partial charge in [-0.05, 0) is 55.5 Å². The average molecular weight is 438 g/mol. The van der Waals surface area contributed by atoms with Crippen LogP contribution < -0.4 is 11.0 Å². The summed E-state index contributed by atoms with van der Waals surface area (Å²) < 4.78 is 3.19. The van der Waals surface area contributed by atoms with Crippen molar-refractivity contribution in [3.8, 4) is 0 Å². The van der Waals surface area contributed by atoms with Crippen LogP contribution in [0.15, 0.2) is 75.2 Å². The highest BCUT2D eigenvalue weighted by Crippen LogP contribution is 2.36. The summed E-state index contributed by atoms with van der Waals surface area (Å²) in [6.45, 7) is 2.04. The van der Waals surface area contributed by atoms with E-state index in [1.807, 2.05) is 43.3 Å². The van der Waals surface area contributed by atoms with Crippen molar-refractivity contribution in [2.24, 2.45) is 14.1 Å². The molecule has 1 N–H and O–H groups in total. The second kappa shape index (κ2) is 8.05. The Kier molecular flexibility index (Phi) is 5.45. The molecule has 1 heterocycles. The van der Waals surface area contributed by atoms with Gasteiger partial charge in [0, 0.05) is 34.5 Å². The molecule has 4 rings (SSSR count). The maximum Gasteiger partial charge on any atom is 0.328 e. The number of fused-ring (bicyclic) bond motifs is 1. The van der Waals surface area contributed by atoms with Gasteiger partial charge in [-0.2, -0.15) is 0 Å². The number of anilines is 1. The van der Waals surface area contributed by atoms with Crippen LogP contribution >= 0.6 is 23.4 Å². The molecule has 0 saturated heterocycles. The third-order valence-corrected chi connectivity index (χ3v) is 6.29. The number of hydrogen-bond acceptors (Lipinski definition) is 3. The Hall–Kier alpha value is -2.96. The number of amides is 1. The van der Waals surface area contributed by atoms with Crippen LogP contribution in [0.1, 0.15) is 15.9 Å². The van der Waals surface area contributed by atoms with Gasteiger partial charge in [-0.3, -0.25) is 13.9 Å². The van der Waals surface area contributed by atoms with Crippen LogP contribution in [0.4, 0.5) is 5.69 Å². The van der Waals surface area contributed by atoms with Gasteiger partial charge in [-0.15, -0.1) is 0 Å². The van der Waals surface area contributed by atoms with Gasteiger partial charge in [0.05, 0.1) is 16.7 Å². The third kappa shape index (κ3) is 3.88. The van der Waals surface area contributed by atoms with Crippen LogP contribution in [0.2, 0.25) is 5.02 Å². The number of imidazole rings is 1. The van der Waals surface area contributed by atoms with Gasteiger partial charge >= 0.3 is 5.69 Å². The van der Waals surface area contributed by atoms with E-state index in [-0.39, 0.29) is 11.6 Å². The lowest BCUT2D eigenvalue weighted by Crippen LogP contribution is -2.19. The lowest BCUT2D eigenvalue weighted by molar-refractivity contribution is 0.102. The fraction of sp³-hybridized carbons (Fsp3) is 0.130. The molecule has 0 radical (unpaired) electrons. The van der Waals surface area contributed by atoms with Gasteiger partial charge in [0.25, 0.3) is 5.91 Å². The van der Waals surface area contributed by atoms with Crippen molar-refractivity contribution in [3.05, 3.63) is 87.3 Å². The molecule has 0 aliphatic rings. The smallest absolute Gasteiger partial charge is 0.321 e. The van der Waals surface area contributed by atoms with E-state index in [0.29, 0.717) is 16.3 Å². The number of aryl methyl sites for hydroxylation is 3. The minimum Gasteiger partial charge on any atom is -0.321 e. The molecule has 5 nitrogen and oxygen atoms in total. The van der Waals surface area contributed by atoms with Crippen molar-refractivity contribution in [2.45, 2.75) is 16.7 Å². The van der Waals surface area contributed by atoms with Crippen LogP contribution in [-0.2, 0) is 14.1 Å². The maximum absolute atomic E-state index is 12.8. The van der Waals surface area contributed by atoms with E-state index < -0.39 is 0 Å². The summed E-state index contributed by atoms with van der Waals surface area (Å²) in [5, 5.41) is 3.57. The molecule has 1 aromatic heterocycles. The maximum atomic E-state index is 12.8. The Bertz CT molecular complexity index is 1310. The highest BCUT2D eigenvalue weighted by Gasteiger charge is 2.16. The van der Waals surface area contributed by atoms with Crippen LogP contribution in [-0.4, -0.2) is 15.0 Å². The Morgan fingerprint density at radius 2 is 1.53 bits per heavy atom. The molecule has 0 fully saturated rings. The molecule has 0 saturated carbocycles. The lowest BCUT2D eigenvalue weighted by Gasteiger charge is -2.13. The SMILES string of the molecule is Cc1ccc(Sc2cc3c(cc2NC(=O)c2ccc(Cl)cc2)n(C)c(=O)n3C)cc1. The van der Waals surface area contributed by atoms with E-state index in [1.165, 1.54) is 5.56 Å². The predicted molar refractivity (Wildman–Crippen MR) is 123 cm³/mol. The van der Waals surface area contributed by atoms with Crippen LogP contribution in [0, 0.1) is 6.92 Å². The molecule has 152 valence electrons. The summed E-state index contributed by atoms with van der Waals surface area (Å²) in [6.07, 6.45) is 0. The fourth-order valence-electron chi connectivity index (χ4n) is 3.24. The number of benzene rings is 3. The second-order valence-electron chi connectivity index (χ2n) is 7.11. The number of hydrogen-bond donors (Lipinski definition) is 1. The van der Waals surface area contributed by atoms with Crippen molar-refractivity contribution in [3.63, 3.8) is 0 Å². The summed E-state index contributed by atoms with van der Waals surface area (Å²) in [5.74, 6) is -0.238. The van der Waals surface area contributed by atoms with Gasteiger partial charge in [0.1, 0.15) is 0 Å². The Balaban J connectivity index is 1.79. The van der Waals surface area contributed by atoms with E-state index in [1.54, 1.807) is 59.3 Å². The van der Waals surface area contributed by atoms with Gasteiger partial charge in [-0.25, -0.2) is 4.79 Å². The normalized spacial score (nSPS) is 11.1. The Labute approximate surface area is 183 Å². The molecule has 0 aliphatic carbocycles. The zero-order chi connectivity index (χ0) is 21.4. The summed E-state index contributed by atoms with van der Waals surface area (Å²) in [5.41, 5.74) is 3.78. The van der Waals surface area contributed by atoms with Crippen LogP contribution in [0.3, 0.4) is 0 Å². The van der Waals surface area contributed by atoms with E-state index in [9.17, 15) is 9.59 Å². The first kappa shape index (κ1) is 20.3. The Morgan fingerprint density at radius 3 is 2.17 bits per heavy atom. The van der Waals surface area contributed by atoms with Crippen molar-refractivity contribution in [1.82, 2.24) is 9.13 Å². The van der Waals surface area contributed by atoms with Gasteiger partial charge in [0.15, 0.2) is 0 Å². The van der Waals surface area contributed by atoms with Crippen molar-refractivity contribution in [1.29, 1.82) is 0 Å². The minimum absolute atomic E-state index is 0.113. The molecule has 4 aromatic rings. The van der Waals surface area contributed by atoms with Crippen molar-refractivity contribution in [2.75, 3.05) is 5.32 Å². The van der Waals surface area contributed by atoms with Gasteiger partial charge in [0.2, 0.25) is 0 Å². The molecule has 0 atom stereocenters. The zero-order valence-corrected chi connectivity index (χ0v) is 18.3. The molecule has 0 aliphatic heterocycles. The number of nitrogens with one attached hydrogen (secondary N) is 1. The fourth-order valence-corrected chi connectivity index (χ4v) is 4.28. The first-order valence-electron chi connectivity index (χ1n) is 9.34. The number of aromatic nitrogens is 2. The number of carbonyl (C=O) groups excluding carboxylic acids is 1. The highest BCUT2D eigenvalue weighted by atomic mass is 35.5. The molecule has 30 heavy (non-hydrogen) atoms. The molecule has 1 amide bonds. The standard InChI is InChI=1S/C23H20ClN3O2S/c1-14-4-10-17(11-5-14)30-21-13-20-19(26(2)23(29)27(20)3)12-18(21)25-22(28)15-6-8-16(24)9-7-15/h4-13H,1-3H3,(H,25,28). The lowest BCUT2D eigenvalue weighted by atomic mass is 10.2. The molecule has 0 unspecified atom stereocenters. The second-order valence-corrected chi connectivity index (χ2v) is 8.67. The van der Waals surface area contributed by atoms with Crippen LogP contribution in [0.25, 0.3) is 11.0 Å². The van der Waals surface area contributed by atoms with E-state index >= 15 is 0 Å². The Morgan fingerprint density at radius 1 is 0.933 bits per heavy atom. The molecule has 3 aromatic carbocycles.